The molecule has 1 unspecified atom stereocenters. The fourth-order valence-corrected chi connectivity index (χ4v) is 3.92. The third kappa shape index (κ3) is 4.75. The number of carbonyl (C=O) groups is 1. The van der Waals surface area contributed by atoms with Gasteiger partial charge in [0.15, 0.2) is 17.3 Å². The lowest BCUT2D eigenvalue weighted by molar-refractivity contribution is 0.0976. The van der Waals surface area contributed by atoms with Crippen molar-refractivity contribution >= 4 is 22.2 Å². The van der Waals surface area contributed by atoms with E-state index in [1.807, 2.05) is 66.7 Å². The summed E-state index contributed by atoms with van der Waals surface area (Å²) in [4.78, 5) is 13.3. The third-order valence-corrected chi connectivity index (χ3v) is 5.63. The SMILES string of the molecule is COc1ccc(C(CC(=O)c2ccc3ccccc3c2)Nc2cccc(C)c2)cc1OC. The first-order chi connectivity index (χ1) is 15.6. The highest BCUT2D eigenvalue weighted by atomic mass is 16.5. The van der Waals surface area contributed by atoms with Crippen LogP contribution in [0.15, 0.2) is 84.9 Å². The molecule has 0 spiro atoms. The van der Waals surface area contributed by atoms with Gasteiger partial charge in [-0.3, -0.25) is 4.79 Å². The molecule has 1 N–H and O–H groups in total. The van der Waals surface area contributed by atoms with E-state index in [0.29, 0.717) is 23.5 Å². The molecule has 0 saturated carbocycles. The van der Waals surface area contributed by atoms with Crippen molar-refractivity contribution < 1.29 is 14.3 Å². The summed E-state index contributed by atoms with van der Waals surface area (Å²) in [6.07, 6.45) is 0.307. The van der Waals surface area contributed by atoms with Crippen LogP contribution in [0.3, 0.4) is 0 Å². The van der Waals surface area contributed by atoms with Gasteiger partial charge in [-0.2, -0.15) is 0 Å². The maximum absolute atomic E-state index is 13.3. The Bertz CT molecular complexity index is 1250. The van der Waals surface area contributed by atoms with Crippen molar-refractivity contribution in [1.82, 2.24) is 0 Å². The molecule has 162 valence electrons. The van der Waals surface area contributed by atoms with Crippen molar-refractivity contribution in [2.24, 2.45) is 0 Å². The predicted molar refractivity (Wildman–Crippen MR) is 130 cm³/mol. The number of ether oxygens (including phenoxy) is 2. The maximum Gasteiger partial charge on any atom is 0.165 e. The molecule has 0 amide bonds. The van der Waals surface area contributed by atoms with Crippen molar-refractivity contribution in [3.8, 4) is 11.5 Å². The van der Waals surface area contributed by atoms with Gasteiger partial charge in [-0.15, -0.1) is 0 Å². The van der Waals surface area contributed by atoms with Gasteiger partial charge in [-0.05, 0) is 59.2 Å². The quantitative estimate of drug-likeness (QED) is 0.323. The van der Waals surface area contributed by atoms with Crippen LogP contribution in [0.5, 0.6) is 11.5 Å². The highest BCUT2D eigenvalue weighted by molar-refractivity contribution is 6.00. The molecule has 0 radical (unpaired) electrons. The normalized spacial score (nSPS) is 11.7. The van der Waals surface area contributed by atoms with Crippen LogP contribution in [0.4, 0.5) is 5.69 Å². The van der Waals surface area contributed by atoms with Gasteiger partial charge in [-0.1, -0.05) is 54.6 Å². The highest BCUT2D eigenvalue weighted by Crippen LogP contribution is 2.33. The van der Waals surface area contributed by atoms with E-state index in [2.05, 4.69) is 30.4 Å². The van der Waals surface area contributed by atoms with E-state index in [1.54, 1.807) is 14.2 Å². The summed E-state index contributed by atoms with van der Waals surface area (Å²) in [5, 5.41) is 5.73. The predicted octanol–water partition coefficient (Wildman–Crippen LogP) is 6.59. The van der Waals surface area contributed by atoms with Crippen LogP contribution < -0.4 is 14.8 Å². The molecular formula is C28H27NO3. The number of ketones is 1. The third-order valence-electron chi connectivity index (χ3n) is 5.63. The van der Waals surface area contributed by atoms with Crippen molar-refractivity contribution in [3.63, 3.8) is 0 Å². The van der Waals surface area contributed by atoms with E-state index in [1.165, 1.54) is 0 Å². The molecule has 0 saturated heterocycles. The van der Waals surface area contributed by atoms with Gasteiger partial charge in [0.2, 0.25) is 0 Å². The Hall–Kier alpha value is -3.79. The van der Waals surface area contributed by atoms with Crippen LogP contribution in [-0.2, 0) is 0 Å². The molecule has 0 aromatic heterocycles. The number of anilines is 1. The minimum Gasteiger partial charge on any atom is -0.493 e. The molecule has 4 aromatic carbocycles. The Morgan fingerprint density at radius 1 is 0.812 bits per heavy atom. The van der Waals surface area contributed by atoms with Crippen LogP contribution in [0.25, 0.3) is 10.8 Å². The van der Waals surface area contributed by atoms with Crippen LogP contribution >= 0.6 is 0 Å². The zero-order valence-corrected chi connectivity index (χ0v) is 18.6. The monoisotopic (exact) mass is 425 g/mol. The lowest BCUT2D eigenvalue weighted by atomic mass is 9.95. The Morgan fingerprint density at radius 2 is 1.59 bits per heavy atom. The minimum atomic E-state index is -0.226. The lowest BCUT2D eigenvalue weighted by Crippen LogP contribution is -2.16. The number of fused-ring (bicyclic) bond motifs is 1. The summed E-state index contributed by atoms with van der Waals surface area (Å²) in [7, 11) is 3.23. The maximum atomic E-state index is 13.3. The molecule has 4 heteroatoms. The van der Waals surface area contributed by atoms with Gasteiger partial charge in [-0.25, -0.2) is 0 Å². The summed E-state index contributed by atoms with van der Waals surface area (Å²) in [6, 6.07) is 27.7. The average molecular weight is 426 g/mol. The summed E-state index contributed by atoms with van der Waals surface area (Å²) < 4.78 is 10.9. The van der Waals surface area contributed by atoms with E-state index in [-0.39, 0.29) is 11.8 Å². The topological polar surface area (TPSA) is 47.6 Å². The van der Waals surface area contributed by atoms with Gasteiger partial charge < -0.3 is 14.8 Å². The zero-order valence-electron chi connectivity index (χ0n) is 18.6. The van der Waals surface area contributed by atoms with E-state index in [0.717, 1.165) is 27.6 Å². The molecule has 4 nitrogen and oxygen atoms in total. The molecule has 0 heterocycles. The molecule has 0 fully saturated rings. The second-order valence-electron chi connectivity index (χ2n) is 7.87. The van der Waals surface area contributed by atoms with Crippen molar-refractivity contribution in [1.29, 1.82) is 0 Å². The number of carbonyl (C=O) groups excluding carboxylic acids is 1. The first-order valence-corrected chi connectivity index (χ1v) is 10.6. The molecule has 0 bridgehead atoms. The number of hydrogen-bond acceptors (Lipinski definition) is 4. The number of benzene rings is 4. The standard InChI is InChI=1S/C28H27NO3/c1-19-7-6-10-24(15-19)29-25(22-13-14-27(31-2)28(17-22)32-3)18-26(30)23-12-11-20-8-4-5-9-21(20)16-23/h4-17,25,29H,18H2,1-3H3. The van der Waals surface area contributed by atoms with Crippen molar-refractivity contribution in [2.45, 2.75) is 19.4 Å². The Balaban J connectivity index is 1.67. The van der Waals surface area contributed by atoms with Crippen LogP contribution in [0, 0.1) is 6.92 Å². The number of aryl methyl sites for hydroxylation is 1. The van der Waals surface area contributed by atoms with Gasteiger partial charge in [0.1, 0.15) is 0 Å². The molecule has 0 aliphatic rings. The van der Waals surface area contributed by atoms with Crippen molar-refractivity contribution in [3.05, 3.63) is 102 Å². The second-order valence-corrected chi connectivity index (χ2v) is 7.87. The van der Waals surface area contributed by atoms with E-state index >= 15 is 0 Å². The van der Waals surface area contributed by atoms with Crippen molar-refractivity contribution in [2.75, 3.05) is 19.5 Å². The van der Waals surface area contributed by atoms with E-state index < -0.39 is 0 Å². The van der Waals surface area contributed by atoms with Crippen LogP contribution in [-0.4, -0.2) is 20.0 Å². The number of rotatable bonds is 8. The van der Waals surface area contributed by atoms with Gasteiger partial charge >= 0.3 is 0 Å². The van der Waals surface area contributed by atoms with E-state index in [9.17, 15) is 4.79 Å². The average Bonchev–Trinajstić information content (AvgIpc) is 2.82. The molecular weight excluding hydrogens is 398 g/mol. The second kappa shape index (κ2) is 9.56. The van der Waals surface area contributed by atoms with Gasteiger partial charge in [0, 0.05) is 17.7 Å². The summed E-state index contributed by atoms with van der Waals surface area (Å²) in [6.45, 7) is 2.05. The summed E-state index contributed by atoms with van der Waals surface area (Å²) >= 11 is 0. The molecule has 4 rings (SSSR count). The lowest BCUT2D eigenvalue weighted by Gasteiger charge is -2.22. The molecule has 4 aromatic rings. The van der Waals surface area contributed by atoms with Gasteiger partial charge in [0.25, 0.3) is 0 Å². The first-order valence-electron chi connectivity index (χ1n) is 10.6. The minimum absolute atomic E-state index is 0.0793. The fraction of sp³-hybridized carbons (Fsp3) is 0.179. The number of Topliss-reactive ketones (excluding diaryl/α,β-unsaturated/α-hetero) is 1. The van der Waals surface area contributed by atoms with Crippen LogP contribution in [0.1, 0.15) is 33.9 Å². The largest absolute Gasteiger partial charge is 0.493 e. The Labute approximate surface area is 188 Å². The number of hydrogen-bond donors (Lipinski definition) is 1. The Morgan fingerprint density at radius 3 is 2.34 bits per heavy atom. The number of nitrogens with one attached hydrogen (secondary N) is 1. The van der Waals surface area contributed by atoms with Gasteiger partial charge in [0.05, 0.1) is 20.3 Å². The first kappa shape index (κ1) is 21.4. The van der Waals surface area contributed by atoms with E-state index in [4.69, 9.17) is 9.47 Å². The fourth-order valence-electron chi connectivity index (χ4n) is 3.92. The summed E-state index contributed by atoms with van der Waals surface area (Å²) in [5.74, 6) is 1.38. The smallest absolute Gasteiger partial charge is 0.165 e. The zero-order chi connectivity index (χ0) is 22.5. The highest BCUT2D eigenvalue weighted by Gasteiger charge is 2.20. The molecule has 1 atom stereocenters. The Kier molecular flexibility index (Phi) is 6.41. The number of methoxy groups -OCH3 is 2. The summed E-state index contributed by atoms with van der Waals surface area (Å²) in [5.41, 5.74) is 3.79. The molecule has 32 heavy (non-hydrogen) atoms. The molecule has 0 aliphatic heterocycles. The molecule has 0 aliphatic carbocycles. The van der Waals surface area contributed by atoms with Crippen LogP contribution in [0.2, 0.25) is 0 Å².